The minimum Gasteiger partial charge on any atom is -0.433 e. The molecule has 15 heteroatoms. The standard InChI is InChI=1S/C27H28F4N8O3/c1-17-5-7-22(29)19(11-17)14-32-26(41)23-15-38(36-34-23)9-3-4-10-39-16-24(35-37-39)33-25(40)13-18-12-20(6-8-21(18)28)42-27(2,30)31/h5-8,11-12,15-16H,3-4,9-10,13-14H2,1-2H3,(H,32,41)(H,33,40). The number of aryl methyl sites for hydroxylation is 3. The first-order chi connectivity index (χ1) is 19.9. The average molecular weight is 589 g/mol. The molecule has 0 atom stereocenters. The molecule has 2 aromatic carbocycles. The molecular formula is C27H28F4N8O3. The van der Waals surface area contributed by atoms with Gasteiger partial charge in [-0.2, -0.15) is 8.78 Å². The molecule has 0 aliphatic rings. The number of hydrogen-bond donors (Lipinski definition) is 2. The Balaban J connectivity index is 1.19. The summed E-state index contributed by atoms with van der Waals surface area (Å²) in [5.41, 5.74) is 1.26. The molecule has 42 heavy (non-hydrogen) atoms. The van der Waals surface area contributed by atoms with Gasteiger partial charge in [0.2, 0.25) is 5.91 Å². The van der Waals surface area contributed by atoms with E-state index in [1.54, 1.807) is 12.1 Å². The summed E-state index contributed by atoms with van der Waals surface area (Å²) in [6.07, 6.45) is 0.449. The van der Waals surface area contributed by atoms with Gasteiger partial charge in [0, 0.05) is 37.7 Å². The quantitative estimate of drug-likeness (QED) is 0.178. The van der Waals surface area contributed by atoms with Gasteiger partial charge in [0.15, 0.2) is 11.5 Å². The van der Waals surface area contributed by atoms with E-state index in [1.807, 2.05) is 6.92 Å². The molecule has 0 radical (unpaired) electrons. The lowest BCUT2D eigenvalue weighted by atomic mass is 10.1. The van der Waals surface area contributed by atoms with Gasteiger partial charge in [0.25, 0.3) is 5.91 Å². The Bertz CT molecular complexity index is 1550. The molecule has 2 amide bonds. The number of rotatable bonds is 13. The molecule has 2 N–H and O–H groups in total. The van der Waals surface area contributed by atoms with Gasteiger partial charge >= 0.3 is 6.11 Å². The number of amides is 2. The zero-order valence-corrected chi connectivity index (χ0v) is 22.8. The smallest absolute Gasteiger partial charge is 0.394 e. The Morgan fingerprint density at radius 3 is 2.33 bits per heavy atom. The molecule has 4 aromatic rings. The predicted molar refractivity (Wildman–Crippen MR) is 142 cm³/mol. The second-order valence-electron chi connectivity index (χ2n) is 9.61. The van der Waals surface area contributed by atoms with E-state index < -0.39 is 36.0 Å². The number of hydrogen-bond acceptors (Lipinski definition) is 7. The zero-order valence-electron chi connectivity index (χ0n) is 22.8. The molecule has 0 aliphatic heterocycles. The number of halogens is 4. The lowest BCUT2D eigenvalue weighted by Gasteiger charge is -2.14. The van der Waals surface area contributed by atoms with Gasteiger partial charge in [-0.05, 0) is 44.0 Å². The van der Waals surface area contributed by atoms with Crippen molar-refractivity contribution in [3.05, 3.63) is 82.8 Å². The van der Waals surface area contributed by atoms with Crippen molar-refractivity contribution in [3.63, 3.8) is 0 Å². The SMILES string of the molecule is Cc1ccc(F)c(CNC(=O)c2cn(CCCCn3cc(NC(=O)Cc4cc(OC(C)(F)F)ccc4F)nn3)nn2)c1. The van der Waals surface area contributed by atoms with Crippen molar-refractivity contribution in [3.8, 4) is 5.75 Å². The van der Waals surface area contributed by atoms with E-state index in [9.17, 15) is 27.2 Å². The lowest BCUT2D eigenvalue weighted by Crippen LogP contribution is -2.23. The number of carbonyl (C=O) groups excluding carboxylic acids is 2. The van der Waals surface area contributed by atoms with Crippen LogP contribution in [0.1, 0.15) is 46.9 Å². The van der Waals surface area contributed by atoms with Gasteiger partial charge in [0.1, 0.15) is 17.4 Å². The fourth-order valence-corrected chi connectivity index (χ4v) is 3.95. The Kier molecular flexibility index (Phi) is 9.49. The maximum Gasteiger partial charge on any atom is 0.394 e. The summed E-state index contributed by atoms with van der Waals surface area (Å²) in [4.78, 5) is 24.7. The fraction of sp³-hybridized carbons (Fsp3) is 0.333. The van der Waals surface area contributed by atoms with Crippen LogP contribution >= 0.6 is 0 Å². The first-order valence-corrected chi connectivity index (χ1v) is 12.9. The minimum atomic E-state index is -3.45. The molecule has 11 nitrogen and oxygen atoms in total. The average Bonchev–Trinajstić information content (AvgIpc) is 3.58. The first-order valence-electron chi connectivity index (χ1n) is 12.9. The summed E-state index contributed by atoms with van der Waals surface area (Å²) in [5.74, 6) is -2.34. The van der Waals surface area contributed by atoms with Gasteiger partial charge < -0.3 is 15.4 Å². The van der Waals surface area contributed by atoms with Gasteiger partial charge in [-0.3, -0.25) is 19.0 Å². The van der Waals surface area contributed by atoms with Crippen molar-refractivity contribution >= 4 is 17.6 Å². The number of aromatic nitrogens is 6. The van der Waals surface area contributed by atoms with Crippen LogP contribution in [0.15, 0.2) is 48.8 Å². The molecule has 222 valence electrons. The van der Waals surface area contributed by atoms with Crippen LogP contribution in [-0.4, -0.2) is 47.9 Å². The van der Waals surface area contributed by atoms with Crippen LogP contribution in [0.5, 0.6) is 5.75 Å². The Morgan fingerprint density at radius 1 is 0.929 bits per heavy atom. The van der Waals surface area contributed by atoms with Crippen LogP contribution in [0, 0.1) is 18.6 Å². The Hall–Kier alpha value is -4.82. The van der Waals surface area contributed by atoms with Crippen molar-refractivity contribution in [1.29, 1.82) is 0 Å². The summed E-state index contributed by atoms with van der Waals surface area (Å²) in [5, 5.41) is 20.7. The minimum absolute atomic E-state index is 0.0268. The molecule has 0 fully saturated rings. The van der Waals surface area contributed by atoms with E-state index in [1.165, 1.54) is 27.8 Å². The van der Waals surface area contributed by atoms with E-state index in [2.05, 4.69) is 36.0 Å². The molecule has 0 bridgehead atoms. The van der Waals surface area contributed by atoms with E-state index in [4.69, 9.17) is 0 Å². The number of nitrogens with one attached hydrogen (secondary N) is 2. The van der Waals surface area contributed by atoms with Gasteiger partial charge in [-0.15, -0.1) is 10.2 Å². The van der Waals surface area contributed by atoms with Crippen LogP contribution in [0.25, 0.3) is 0 Å². The highest BCUT2D eigenvalue weighted by Gasteiger charge is 2.24. The molecule has 2 aromatic heterocycles. The Labute approximate surface area is 237 Å². The molecule has 0 spiro atoms. The lowest BCUT2D eigenvalue weighted by molar-refractivity contribution is -0.159. The molecule has 0 saturated carbocycles. The second kappa shape index (κ2) is 13.2. The zero-order chi connectivity index (χ0) is 30.3. The number of anilines is 1. The van der Waals surface area contributed by atoms with Crippen molar-refractivity contribution < 1.29 is 31.9 Å². The maximum atomic E-state index is 14.1. The number of nitrogens with zero attached hydrogens (tertiary/aromatic N) is 6. The summed E-state index contributed by atoms with van der Waals surface area (Å²) < 4.78 is 61.6. The molecule has 0 aliphatic carbocycles. The van der Waals surface area contributed by atoms with Crippen LogP contribution in [0.2, 0.25) is 0 Å². The number of ether oxygens (including phenoxy) is 1. The molecule has 0 unspecified atom stereocenters. The highest BCUT2D eigenvalue weighted by atomic mass is 19.3. The largest absolute Gasteiger partial charge is 0.433 e. The second-order valence-corrected chi connectivity index (χ2v) is 9.61. The molecular weight excluding hydrogens is 560 g/mol. The molecule has 0 saturated heterocycles. The van der Waals surface area contributed by atoms with Crippen molar-refractivity contribution in [2.24, 2.45) is 0 Å². The summed E-state index contributed by atoms with van der Waals surface area (Å²) >= 11 is 0. The van der Waals surface area contributed by atoms with Gasteiger partial charge in [-0.25, -0.2) is 8.78 Å². The van der Waals surface area contributed by atoms with E-state index in [-0.39, 0.29) is 29.4 Å². The number of carbonyl (C=O) groups is 2. The third kappa shape index (κ3) is 8.84. The fourth-order valence-electron chi connectivity index (χ4n) is 3.95. The molecule has 4 rings (SSSR count). The van der Waals surface area contributed by atoms with Gasteiger partial charge in [-0.1, -0.05) is 28.1 Å². The molecule has 2 heterocycles. The van der Waals surface area contributed by atoms with Crippen LogP contribution < -0.4 is 15.4 Å². The third-order valence-corrected chi connectivity index (χ3v) is 5.91. The van der Waals surface area contributed by atoms with E-state index in [0.29, 0.717) is 38.4 Å². The summed E-state index contributed by atoms with van der Waals surface area (Å²) in [6, 6.07) is 7.71. The maximum absolute atomic E-state index is 14.1. The number of unbranched alkanes of at least 4 members (excludes halogenated alkanes) is 1. The normalized spacial score (nSPS) is 11.4. The first kappa shape index (κ1) is 30.1. The van der Waals surface area contributed by atoms with Crippen molar-refractivity contribution in [2.75, 3.05) is 5.32 Å². The topological polar surface area (TPSA) is 129 Å². The van der Waals surface area contributed by atoms with Crippen LogP contribution in [0.4, 0.5) is 23.4 Å². The van der Waals surface area contributed by atoms with Crippen molar-refractivity contribution in [1.82, 2.24) is 35.3 Å². The van der Waals surface area contributed by atoms with Gasteiger partial charge in [0.05, 0.1) is 18.8 Å². The number of benzene rings is 2. The monoisotopic (exact) mass is 588 g/mol. The highest BCUT2D eigenvalue weighted by Crippen LogP contribution is 2.24. The van der Waals surface area contributed by atoms with E-state index >= 15 is 0 Å². The highest BCUT2D eigenvalue weighted by molar-refractivity contribution is 5.92. The predicted octanol–water partition coefficient (Wildman–Crippen LogP) is 4.04. The Morgan fingerprint density at radius 2 is 1.60 bits per heavy atom. The third-order valence-electron chi connectivity index (χ3n) is 5.91. The van der Waals surface area contributed by atoms with Crippen LogP contribution in [0.3, 0.4) is 0 Å². The van der Waals surface area contributed by atoms with E-state index in [0.717, 1.165) is 23.8 Å². The summed E-state index contributed by atoms with van der Waals surface area (Å²) in [7, 11) is 0. The van der Waals surface area contributed by atoms with Crippen molar-refractivity contribution in [2.45, 2.75) is 58.9 Å². The van der Waals surface area contributed by atoms with Crippen LogP contribution in [-0.2, 0) is 30.8 Å². The summed E-state index contributed by atoms with van der Waals surface area (Å²) in [6.45, 7) is 3.35. The number of alkyl halides is 2.